The zero-order chi connectivity index (χ0) is 15.3. The van der Waals surface area contributed by atoms with E-state index in [9.17, 15) is 14.7 Å². The number of hydrogen-bond acceptors (Lipinski definition) is 7. The number of amides is 1. The molecular formula is C14H11N3O4S. The van der Waals surface area contributed by atoms with Gasteiger partial charge in [0.2, 0.25) is 5.13 Å². The largest absolute Gasteiger partial charge is 0.503 e. The molecule has 2 aromatic rings. The molecule has 0 saturated heterocycles. The highest BCUT2D eigenvalue weighted by Gasteiger charge is 2.48. The van der Waals surface area contributed by atoms with Crippen molar-refractivity contribution in [3.05, 3.63) is 41.0 Å². The van der Waals surface area contributed by atoms with Crippen LogP contribution in [0, 0.1) is 5.92 Å². The van der Waals surface area contributed by atoms with Crippen LogP contribution in [0.15, 0.2) is 39.9 Å². The third-order valence-corrected chi connectivity index (χ3v) is 4.52. The van der Waals surface area contributed by atoms with Crippen LogP contribution in [0.3, 0.4) is 0 Å². The quantitative estimate of drug-likeness (QED) is 0.926. The van der Waals surface area contributed by atoms with Crippen LogP contribution in [0.4, 0.5) is 5.13 Å². The topological polar surface area (TPSA) is 96.5 Å². The molecule has 0 radical (unpaired) electrons. The van der Waals surface area contributed by atoms with E-state index in [1.54, 1.807) is 6.07 Å². The molecule has 1 aliphatic heterocycles. The Morgan fingerprint density at radius 2 is 2.27 bits per heavy atom. The first-order chi connectivity index (χ1) is 10.7. The third kappa shape index (κ3) is 1.87. The van der Waals surface area contributed by atoms with E-state index in [1.165, 1.54) is 34.3 Å². The first-order valence-corrected chi connectivity index (χ1v) is 7.65. The van der Waals surface area contributed by atoms with E-state index in [1.807, 2.05) is 0 Å². The Bertz CT molecular complexity index is 762. The molecule has 2 aliphatic rings. The van der Waals surface area contributed by atoms with Gasteiger partial charge >= 0.3 is 0 Å². The summed E-state index contributed by atoms with van der Waals surface area (Å²) in [5.74, 6) is -1.41. The van der Waals surface area contributed by atoms with Crippen molar-refractivity contribution >= 4 is 28.2 Å². The molecule has 1 N–H and O–H groups in total. The molecule has 0 spiro atoms. The fourth-order valence-electron chi connectivity index (χ4n) is 2.64. The van der Waals surface area contributed by atoms with Gasteiger partial charge in [0.15, 0.2) is 11.5 Å². The Morgan fingerprint density at radius 3 is 2.86 bits per heavy atom. The average Bonchev–Trinajstić information content (AvgIpc) is 2.91. The number of aliphatic hydroxyl groups is 1. The summed E-state index contributed by atoms with van der Waals surface area (Å²) in [6, 6.07) is 0.956. The molecule has 22 heavy (non-hydrogen) atoms. The third-order valence-electron chi connectivity index (χ3n) is 3.84. The maximum Gasteiger partial charge on any atom is 0.296 e. The van der Waals surface area contributed by atoms with Crippen LogP contribution in [-0.2, 0) is 9.59 Å². The molecule has 1 saturated carbocycles. The molecule has 4 rings (SSSR count). The Balaban J connectivity index is 1.84. The standard InChI is InChI=1S/C14H11N3O4S/c18-11(7-1-2-7)9-10(8-3-4-21-5-8)17(13(20)12(9)19)14-16-15-6-22-14/h3-7,10,19H,1-2H2. The smallest absolute Gasteiger partial charge is 0.296 e. The summed E-state index contributed by atoms with van der Waals surface area (Å²) in [6.07, 6.45) is 4.51. The molecule has 1 unspecified atom stereocenters. The van der Waals surface area contributed by atoms with Crippen LogP contribution in [0.25, 0.3) is 0 Å². The van der Waals surface area contributed by atoms with Gasteiger partial charge in [-0.3, -0.25) is 14.5 Å². The number of nitrogens with zero attached hydrogens (tertiary/aromatic N) is 3. The summed E-state index contributed by atoms with van der Waals surface area (Å²) >= 11 is 1.17. The number of hydrogen-bond donors (Lipinski definition) is 1. The van der Waals surface area contributed by atoms with Gasteiger partial charge in [-0.1, -0.05) is 11.3 Å². The minimum absolute atomic E-state index is 0.103. The van der Waals surface area contributed by atoms with E-state index < -0.39 is 17.7 Å². The summed E-state index contributed by atoms with van der Waals surface area (Å²) in [5, 5.41) is 18.2. The Kier molecular flexibility index (Phi) is 2.86. The molecule has 1 fully saturated rings. The number of aromatic nitrogens is 2. The van der Waals surface area contributed by atoms with Crippen molar-refractivity contribution in [1.82, 2.24) is 10.2 Å². The highest BCUT2D eigenvalue weighted by atomic mass is 32.1. The van der Waals surface area contributed by atoms with E-state index in [0.29, 0.717) is 10.7 Å². The van der Waals surface area contributed by atoms with Gasteiger partial charge < -0.3 is 9.52 Å². The lowest BCUT2D eigenvalue weighted by Crippen LogP contribution is -2.30. The summed E-state index contributed by atoms with van der Waals surface area (Å²) in [4.78, 5) is 26.3. The Morgan fingerprint density at radius 1 is 1.45 bits per heavy atom. The van der Waals surface area contributed by atoms with Crippen LogP contribution in [0.5, 0.6) is 0 Å². The number of Topliss-reactive ketones (excluding diaryl/α,β-unsaturated/α-hetero) is 1. The van der Waals surface area contributed by atoms with Gasteiger partial charge in [0.1, 0.15) is 11.6 Å². The molecule has 0 aromatic carbocycles. The van der Waals surface area contributed by atoms with Crippen molar-refractivity contribution < 1.29 is 19.1 Å². The number of anilines is 1. The van der Waals surface area contributed by atoms with Crippen molar-refractivity contribution in [2.24, 2.45) is 5.92 Å². The van der Waals surface area contributed by atoms with Crippen molar-refractivity contribution in [3.8, 4) is 0 Å². The number of carbonyl (C=O) groups excluding carboxylic acids is 2. The van der Waals surface area contributed by atoms with Crippen LogP contribution in [0.1, 0.15) is 24.4 Å². The van der Waals surface area contributed by atoms with Gasteiger partial charge in [-0.25, -0.2) is 0 Å². The van der Waals surface area contributed by atoms with Crippen molar-refractivity contribution in [3.63, 3.8) is 0 Å². The summed E-state index contributed by atoms with van der Waals surface area (Å²) in [7, 11) is 0. The lowest BCUT2D eigenvalue weighted by atomic mass is 9.96. The number of ketones is 1. The molecule has 2 aromatic heterocycles. The van der Waals surface area contributed by atoms with Crippen LogP contribution in [0.2, 0.25) is 0 Å². The highest BCUT2D eigenvalue weighted by Crippen LogP contribution is 2.45. The Labute approximate surface area is 128 Å². The fourth-order valence-corrected chi connectivity index (χ4v) is 3.22. The number of rotatable bonds is 4. The minimum atomic E-state index is -0.715. The summed E-state index contributed by atoms with van der Waals surface area (Å²) < 4.78 is 5.08. The fraction of sp³-hybridized carbons (Fsp3) is 0.286. The van der Waals surface area contributed by atoms with Crippen LogP contribution < -0.4 is 4.90 Å². The predicted octanol–water partition coefficient (Wildman–Crippen LogP) is 2.01. The Hall–Kier alpha value is -2.48. The second kappa shape index (κ2) is 4.77. The SMILES string of the molecule is O=C(C1=C(O)C(=O)N(c2nncs2)C1c1ccoc1)C1CC1. The molecule has 1 atom stereocenters. The van der Waals surface area contributed by atoms with Crippen LogP contribution >= 0.6 is 11.3 Å². The first-order valence-electron chi connectivity index (χ1n) is 6.77. The van der Waals surface area contributed by atoms with Gasteiger partial charge in [-0.05, 0) is 18.9 Å². The van der Waals surface area contributed by atoms with Gasteiger partial charge in [0.05, 0.1) is 18.1 Å². The molecule has 7 nitrogen and oxygen atoms in total. The van der Waals surface area contributed by atoms with E-state index >= 15 is 0 Å². The number of aliphatic hydroxyl groups excluding tert-OH is 1. The van der Waals surface area contributed by atoms with Gasteiger partial charge in [0.25, 0.3) is 5.91 Å². The average molecular weight is 317 g/mol. The maximum absolute atomic E-state index is 12.5. The molecule has 1 amide bonds. The molecule has 112 valence electrons. The van der Waals surface area contributed by atoms with Gasteiger partial charge in [-0.2, -0.15) is 0 Å². The molecule has 8 heteroatoms. The molecule has 3 heterocycles. The van der Waals surface area contributed by atoms with Crippen molar-refractivity contribution in [2.45, 2.75) is 18.9 Å². The maximum atomic E-state index is 12.5. The van der Waals surface area contributed by atoms with E-state index in [-0.39, 0.29) is 17.3 Å². The first kappa shape index (κ1) is 13.2. The van der Waals surface area contributed by atoms with Crippen LogP contribution in [-0.4, -0.2) is 27.0 Å². The van der Waals surface area contributed by atoms with Gasteiger partial charge in [-0.15, -0.1) is 10.2 Å². The zero-order valence-corrected chi connectivity index (χ0v) is 12.1. The number of carbonyl (C=O) groups is 2. The monoisotopic (exact) mass is 317 g/mol. The predicted molar refractivity (Wildman–Crippen MR) is 76.2 cm³/mol. The molecule has 0 bridgehead atoms. The second-order valence-electron chi connectivity index (χ2n) is 5.26. The second-order valence-corrected chi connectivity index (χ2v) is 6.07. The van der Waals surface area contributed by atoms with E-state index in [0.717, 1.165) is 12.8 Å². The van der Waals surface area contributed by atoms with Crippen molar-refractivity contribution in [1.29, 1.82) is 0 Å². The lowest BCUT2D eigenvalue weighted by molar-refractivity contribution is -0.118. The van der Waals surface area contributed by atoms with E-state index in [2.05, 4.69) is 10.2 Å². The molecule has 1 aliphatic carbocycles. The lowest BCUT2D eigenvalue weighted by Gasteiger charge is -2.22. The normalized spacial score (nSPS) is 21.7. The zero-order valence-electron chi connectivity index (χ0n) is 11.3. The minimum Gasteiger partial charge on any atom is -0.503 e. The van der Waals surface area contributed by atoms with E-state index in [4.69, 9.17) is 4.42 Å². The summed E-state index contributed by atoms with van der Waals surface area (Å²) in [6.45, 7) is 0. The highest BCUT2D eigenvalue weighted by molar-refractivity contribution is 7.13. The van der Waals surface area contributed by atoms with Crippen molar-refractivity contribution in [2.75, 3.05) is 4.90 Å². The molecular weight excluding hydrogens is 306 g/mol. The number of furan rings is 1. The summed E-state index contributed by atoms with van der Waals surface area (Å²) in [5.41, 5.74) is 2.24. The van der Waals surface area contributed by atoms with Gasteiger partial charge in [0, 0.05) is 11.5 Å².